The normalized spacial score (nSPS) is 13.0. The lowest BCUT2D eigenvalue weighted by Crippen LogP contribution is -2.17. The molecule has 0 amide bonds. The number of H-pyrrole nitrogens is 1. The first kappa shape index (κ1) is 22.0. The van der Waals surface area contributed by atoms with E-state index in [1.54, 1.807) is 25.4 Å². The maximum Gasteiger partial charge on any atom is 0.342 e. The van der Waals surface area contributed by atoms with E-state index in [2.05, 4.69) is 15.3 Å². The van der Waals surface area contributed by atoms with Crippen LogP contribution in [0.5, 0.6) is 11.6 Å². The zero-order valence-corrected chi connectivity index (χ0v) is 19.7. The molecule has 4 aromatic rings. The Balaban J connectivity index is 1.72. The number of ether oxygens (including phenoxy) is 3. The minimum Gasteiger partial charge on any atom is -0.493 e. The average molecular weight is 479 g/mol. The number of halogens is 1. The number of rotatable bonds is 6. The second-order valence-corrected chi connectivity index (χ2v) is 8.51. The number of carbonyl (C=O) groups is 1. The molecule has 0 radical (unpaired) electrons. The number of hydrogen-bond acceptors (Lipinski definition) is 7. The van der Waals surface area contributed by atoms with Crippen molar-refractivity contribution in [3.63, 3.8) is 0 Å². The highest BCUT2D eigenvalue weighted by atomic mass is 35.5. The minimum absolute atomic E-state index is 0.0230. The van der Waals surface area contributed by atoms with Crippen LogP contribution in [-0.4, -0.2) is 40.7 Å². The van der Waals surface area contributed by atoms with Gasteiger partial charge in [0.1, 0.15) is 11.1 Å². The van der Waals surface area contributed by atoms with E-state index in [0.717, 1.165) is 11.3 Å². The van der Waals surface area contributed by atoms with Gasteiger partial charge in [-0.05, 0) is 38.1 Å². The van der Waals surface area contributed by atoms with Crippen LogP contribution in [0.4, 0.5) is 11.4 Å². The number of esters is 1. The zero-order valence-electron chi connectivity index (χ0n) is 18.9. The summed E-state index contributed by atoms with van der Waals surface area (Å²) in [6, 6.07) is 10.9. The Morgan fingerprint density at radius 1 is 1.21 bits per heavy atom. The third-order valence-electron chi connectivity index (χ3n) is 5.48. The third-order valence-corrected chi connectivity index (χ3v) is 5.78. The summed E-state index contributed by atoms with van der Waals surface area (Å²) in [6.45, 7) is 4.20. The van der Waals surface area contributed by atoms with Crippen LogP contribution in [0.2, 0.25) is 5.02 Å². The number of nitrogens with zero attached hydrogens (tertiary/aromatic N) is 2. The van der Waals surface area contributed by atoms with Crippen molar-refractivity contribution in [1.29, 1.82) is 0 Å². The summed E-state index contributed by atoms with van der Waals surface area (Å²) in [6.07, 6.45) is 2.26. The van der Waals surface area contributed by atoms with E-state index in [4.69, 9.17) is 30.8 Å². The second kappa shape index (κ2) is 8.87. The van der Waals surface area contributed by atoms with Gasteiger partial charge >= 0.3 is 5.97 Å². The Morgan fingerprint density at radius 3 is 2.85 bits per heavy atom. The molecule has 9 heteroatoms. The van der Waals surface area contributed by atoms with Crippen molar-refractivity contribution in [3.8, 4) is 22.9 Å². The predicted molar refractivity (Wildman–Crippen MR) is 130 cm³/mol. The lowest BCUT2D eigenvalue weighted by Gasteiger charge is -2.16. The van der Waals surface area contributed by atoms with Crippen LogP contribution in [0.1, 0.15) is 29.9 Å². The van der Waals surface area contributed by atoms with Gasteiger partial charge in [-0.15, -0.1) is 0 Å². The van der Waals surface area contributed by atoms with Gasteiger partial charge in [-0.25, -0.2) is 9.78 Å². The van der Waals surface area contributed by atoms with Crippen LogP contribution in [0.3, 0.4) is 0 Å². The standard InChI is InChI=1S/C25H23ClN4O4/c1-13(2)34-19-8-7-17-21(30-19)14(9-11-27-17)22-23(20-16(28-22)10-12-33-25(20)31)29-18-6-4-5-15(26)24(18)32-3/h4-9,11,13,28-29H,10,12H2,1-3H3. The van der Waals surface area contributed by atoms with Crippen molar-refractivity contribution < 1.29 is 19.0 Å². The Morgan fingerprint density at radius 2 is 2.06 bits per heavy atom. The van der Waals surface area contributed by atoms with Gasteiger partial charge in [-0.1, -0.05) is 17.7 Å². The van der Waals surface area contributed by atoms with E-state index in [0.29, 0.717) is 63.3 Å². The van der Waals surface area contributed by atoms with Crippen molar-refractivity contribution in [2.45, 2.75) is 26.4 Å². The average Bonchev–Trinajstić information content (AvgIpc) is 3.18. The van der Waals surface area contributed by atoms with Gasteiger partial charge in [-0.3, -0.25) is 4.98 Å². The van der Waals surface area contributed by atoms with Crippen molar-refractivity contribution in [3.05, 3.63) is 58.9 Å². The molecule has 2 N–H and O–H groups in total. The summed E-state index contributed by atoms with van der Waals surface area (Å²) < 4.78 is 16.7. The molecule has 0 atom stereocenters. The molecule has 0 fully saturated rings. The fraction of sp³-hybridized carbons (Fsp3) is 0.240. The molecule has 0 saturated heterocycles. The SMILES string of the molecule is COc1c(Cl)cccc1Nc1c(-c2ccnc3ccc(OC(C)C)nc23)[nH]c2c1C(=O)OCC2. The molecule has 1 aliphatic rings. The Hall–Kier alpha value is -3.78. The summed E-state index contributed by atoms with van der Waals surface area (Å²) in [4.78, 5) is 25.4. The van der Waals surface area contributed by atoms with Gasteiger partial charge in [0.15, 0.2) is 5.75 Å². The monoisotopic (exact) mass is 478 g/mol. The molecule has 3 aromatic heterocycles. The first-order valence-electron chi connectivity index (χ1n) is 10.9. The number of nitrogens with one attached hydrogen (secondary N) is 2. The predicted octanol–water partition coefficient (Wildman–Crippen LogP) is 5.53. The topological polar surface area (TPSA) is 98.4 Å². The minimum atomic E-state index is -0.401. The molecule has 174 valence electrons. The van der Waals surface area contributed by atoms with Gasteiger partial charge in [0.25, 0.3) is 0 Å². The first-order chi connectivity index (χ1) is 16.5. The van der Waals surface area contributed by atoms with Crippen LogP contribution in [0.15, 0.2) is 42.6 Å². The highest BCUT2D eigenvalue weighted by molar-refractivity contribution is 6.32. The summed E-state index contributed by atoms with van der Waals surface area (Å²) in [7, 11) is 1.55. The zero-order chi connectivity index (χ0) is 23.8. The Kier molecular flexibility index (Phi) is 5.75. The highest BCUT2D eigenvalue weighted by Gasteiger charge is 2.30. The number of pyridine rings is 2. The number of aromatic nitrogens is 3. The van der Waals surface area contributed by atoms with Crippen molar-refractivity contribution in [2.24, 2.45) is 0 Å². The lowest BCUT2D eigenvalue weighted by molar-refractivity contribution is 0.0480. The van der Waals surface area contributed by atoms with Crippen LogP contribution in [-0.2, 0) is 11.2 Å². The molecule has 5 rings (SSSR count). The number of fused-ring (bicyclic) bond motifs is 2. The first-order valence-corrected chi connectivity index (χ1v) is 11.3. The van der Waals surface area contributed by atoms with Crippen LogP contribution in [0, 0.1) is 0 Å². The van der Waals surface area contributed by atoms with Crippen LogP contribution >= 0.6 is 11.6 Å². The van der Waals surface area contributed by atoms with Gasteiger partial charge in [0.2, 0.25) is 5.88 Å². The number of carbonyl (C=O) groups excluding carboxylic acids is 1. The Bertz CT molecular complexity index is 1400. The molecule has 34 heavy (non-hydrogen) atoms. The van der Waals surface area contributed by atoms with E-state index in [9.17, 15) is 4.79 Å². The van der Waals surface area contributed by atoms with E-state index < -0.39 is 5.97 Å². The number of para-hydroxylation sites is 1. The van der Waals surface area contributed by atoms with E-state index in [1.165, 1.54) is 0 Å². The molecular formula is C25H23ClN4O4. The summed E-state index contributed by atoms with van der Waals surface area (Å²) >= 11 is 6.34. The molecule has 0 spiro atoms. The number of aromatic amines is 1. The number of anilines is 2. The molecule has 0 aliphatic carbocycles. The molecule has 1 aliphatic heterocycles. The van der Waals surface area contributed by atoms with Gasteiger partial charge in [0.05, 0.1) is 47.4 Å². The maximum absolute atomic E-state index is 12.8. The second-order valence-electron chi connectivity index (χ2n) is 8.10. The summed E-state index contributed by atoms with van der Waals surface area (Å²) in [5.41, 5.74) is 5.22. The van der Waals surface area contributed by atoms with Gasteiger partial charge in [-0.2, -0.15) is 0 Å². The maximum atomic E-state index is 12.8. The number of methoxy groups -OCH3 is 1. The largest absolute Gasteiger partial charge is 0.493 e. The molecule has 4 heterocycles. The fourth-order valence-electron chi connectivity index (χ4n) is 4.08. The molecular weight excluding hydrogens is 456 g/mol. The molecule has 0 saturated carbocycles. The van der Waals surface area contributed by atoms with Crippen LogP contribution < -0.4 is 14.8 Å². The van der Waals surface area contributed by atoms with E-state index in [-0.39, 0.29) is 6.10 Å². The molecule has 0 bridgehead atoms. The number of hydrogen-bond donors (Lipinski definition) is 2. The third kappa shape index (κ3) is 3.90. The highest BCUT2D eigenvalue weighted by Crippen LogP contribution is 2.42. The molecule has 0 unspecified atom stereocenters. The lowest BCUT2D eigenvalue weighted by atomic mass is 10.1. The summed E-state index contributed by atoms with van der Waals surface area (Å²) in [5.74, 6) is 0.570. The van der Waals surface area contributed by atoms with E-state index in [1.807, 2.05) is 38.1 Å². The van der Waals surface area contributed by atoms with Crippen molar-refractivity contribution >= 4 is 40.0 Å². The molecule has 1 aromatic carbocycles. The Labute approximate surface area is 201 Å². The van der Waals surface area contributed by atoms with Gasteiger partial charge in [0, 0.05) is 29.9 Å². The van der Waals surface area contributed by atoms with E-state index >= 15 is 0 Å². The number of cyclic esters (lactones) is 1. The van der Waals surface area contributed by atoms with Crippen molar-refractivity contribution in [2.75, 3.05) is 19.0 Å². The molecule has 8 nitrogen and oxygen atoms in total. The fourth-order valence-corrected chi connectivity index (χ4v) is 4.33. The number of benzene rings is 1. The van der Waals surface area contributed by atoms with Crippen LogP contribution in [0.25, 0.3) is 22.3 Å². The smallest absolute Gasteiger partial charge is 0.342 e. The van der Waals surface area contributed by atoms with Gasteiger partial charge < -0.3 is 24.5 Å². The summed E-state index contributed by atoms with van der Waals surface area (Å²) in [5, 5.41) is 3.81. The quantitative estimate of drug-likeness (QED) is 0.351. The van der Waals surface area contributed by atoms with Crippen molar-refractivity contribution in [1.82, 2.24) is 15.0 Å².